The van der Waals surface area contributed by atoms with E-state index < -0.39 is 24.0 Å². The SMILES string of the molecule is COc1cc(NC(=O)[C@H](OC)c2ccccc2)c(-c2cc(OC)c(OC)cc2-c2cc(OC)c(OC)cc2-c2cc(OC)c(OC)cc2-c2cc(OC)c(OC)cc2-c2cc(OC)c(OC)cc2-c2cc(OC)c(OC)cc2-c2cc(OC)c(OC)cc2NC(=O)[C@H](OC)c2ccccc2)cc1OC. The summed E-state index contributed by atoms with van der Waals surface area (Å²) >= 11 is 0. The van der Waals surface area contributed by atoms with Crippen LogP contribution in [-0.2, 0) is 19.1 Å². The van der Waals surface area contributed by atoms with E-state index in [-0.39, 0.29) is 0 Å². The van der Waals surface area contributed by atoms with Crippen LogP contribution in [-0.4, -0.2) is 140 Å². The fourth-order valence-corrected chi connectivity index (χ4v) is 12.8. The van der Waals surface area contributed by atoms with E-state index in [1.54, 1.807) is 95.4 Å². The molecule has 0 bridgehead atoms. The number of benzene rings is 10. The largest absolute Gasteiger partial charge is 0.493 e. The lowest BCUT2D eigenvalue weighted by atomic mass is 9.82. The summed E-state index contributed by atoms with van der Waals surface area (Å²) in [6.45, 7) is 0. The Balaban J connectivity index is 1.33. The van der Waals surface area contributed by atoms with E-state index in [0.29, 0.717) is 192 Å². The molecule has 10 rings (SSSR count). The molecule has 2 N–H and O–H groups in total. The summed E-state index contributed by atoms with van der Waals surface area (Å²) < 4.78 is 110. The number of anilines is 2. The van der Waals surface area contributed by atoms with Crippen LogP contribution in [0, 0.1) is 0 Å². The van der Waals surface area contributed by atoms with Crippen LogP contribution in [0.15, 0.2) is 158 Å². The van der Waals surface area contributed by atoms with Crippen molar-refractivity contribution in [2.75, 3.05) is 139 Å². The zero-order valence-corrected chi connectivity index (χ0v) is 61.3. The molecule has 2 amide bonds. The van der Waals surface area contributed by atoms with E-state index in [1.807, 2.05) is 133 Å². The number of hydrogen-bond acceptors (Lipinski definition) is 20. The maximum Gasteiger partial charge on any atom is 0.258 e. The molecule has 0 unspecified atom stereocenters. The Bertz CT molecular complexity index is 4460. The molecule has 0 aromatic heterocycles. The molecule has 22 nitrogen and oxygen atoms in total. The third kappa shape index (κ3) is 14.7. The lowest BCUT2D eigenvalue weighted by Gasteiger charge is -2.26. The first-order valence-corrected chi connectivity index (χ1v) is 32.5. The van der Waals surface area contributed by atoms with Crippen molar-refractivity contribution < 1.29 is 94.9 Å². The lowest BCUT2D eigenvalue weighted by Crippen LogP contribution is -2.23. The molecule has 0 aliphatic carbocycles. The molecular formula is C82H84N2O20. The molecule has 0 aliphatic rings. The number of amides is 2. The Morgan fingerprint density at radius 2 is 0.356 bits per heavy atom. The van der Waals surface area contributed by atoms with Gasteiger partial charge in [-0.25, -0.2) is 0 Å². The maximum absolute atomic E-state index is 14.8. The monoisotopic (exact) mass is 1420 g/mol. The highest BCUT2D eigenvalue weighted by Crippen LogP contribution is 2.57. The summed E-state index contributed by atoms with van der Waals surface area (Å²) in [5.41, 5.74) is 9.28. The molecule has 0 spiro atoms. The molecule has 0 aliphatic heterocycles. The molecule has 542 valence electrons. The predicted octanol–water partition coefficient (Wildman–Crippen LogP) is 16.1. The minimum absolute atomic E-state index is 0.321. The second-order valence-corrected chi connectivity index (χ2v) is 23.1. The molecular weight excluding hydrogens is 1330 g/mol. The van der Waals surface area contributed by atoms with Gasteiger partial charge in [-0.15, -0.1) is 0 Å². The zero-order valence-electron chi connectivity index (χ0n) is 61.3. The van der Waals surface area contributed by atoms with Crippen LogP contribution in [0.5, 0.6) is 92.0 Å². The molecule has 104 heavy (non-hydrogen) atoms. The summed E-state index contributed by atoms with van der Waals surface area (Å²) in [6.07, 6.45) is -2.05. The standard InChI is InChI=1S/C82H84N2O20/c1-87-63-29-47(49(31-65(63)89-3)51-33-67(91-5)69(93-7)35-53(51)55-37-71(95-9)73(97-11)39-57(55)59-41-75(99-13)77(101-15)43-61(59)83-81(85)79(103-17)45-25-21-19-22-26-45)48-30-64(88-2)66(90-4)32-50(48)52-34-68(92-6)70(94-8)36-54(52)56-38-72(96-10)74(98-12)40-58(56)60-42-76(100-14)78(102-16)44-62(60)84-82(86)80(104-18)46-27-23-20-24-28-46/h19-44,79-80H,1-18H3,(H,83,85)(H,84,86)/t79-,80-/m1/s1. The molecule has 2 atom stereocenters. The normalized spacial score (nSPS) is 11.4. The second kappa shape index (κ2) is 33.6. The zero-order chi connectivity index (χ0) is 74.5. The van der Waals surface area contributed by atoms with Gasteiger partial charge in [0.2, 0.25) is 0 Å². The first kappa shape index (κ1) is 74.5. The van der Waals surface area contributed by atoms with E-state index in [4.69, 9.17) is 85.3 Å². The molecule has 0 saturated heterocycles. The Kier molecular flexibility index (Phi) is 24.1. The summed E-state index contributed by atoms with van der Waals surface area (Å²) in [4.78, 5) is 29.5. The van der Waals surface area contributed by atoms with Crippen molar-refractivity contribution in [3.63, 3.8) is 0 Å². The number of ether oxygens (including phenoxy) is 18. The fraction of sp³-hybridized carbons (Fsp3) is 0.244. The molecule has 10 aromatic carbocycles. The van der Waals surface area contributed by atoms with Crippen LogP contribution < -0.4 is 86.4 Å². The minimum Gasteiger partial charge on any atom is -0.493 e. The number of hydrogen-bond donors (Lipinski definition) is 2. The number of carbonyl (C=O) groups excluding carboxylic acids is 2. The first-order chi connectivity index (χ1) is 50.6. The third-order valence-electron chi connectivity index (χ3n) is 17.9. The Morgan fingerprint density at radius 1 is 0.212 bits per heavy atom. The molecule has 0 saturated carbocycles. The topological polar surface area (TPSA) is 224 Å². The van der Waals surface area contributed by atoms with Gasteiger partial charge in [0.25, 0.3) is 11.8 Å². The van der Waals surface area contributed by atoms with E-state index in [9.17, 15) is 9.59 Å². The van der Waals surface area contributed by atoms with Crippen LogP contribution in [0.3, 0.4) is 0 Å². The van der Waals surface area contributed by atoms with Crippen molar-refractivity contribution in [2.45, 2.75) is 12.2 Å². The molecule has 0 fully saturated rings. The number of nitrogens with one attached hydrogen (secondary N) is 2. The van der Waals surface area contributed by atoms with Gasteiger partial charge in [0.1, 0.15) is 0 Å². The molecule has 10 aromatic rings. The summed E-state index contributed by atoms with van der Waals surface area (Å²) in [5, 5.41) is 6.35. The van der Waals surface area contributed by atoms with Gasteiger partial charge < -0.3 is 95.9 Å². The van der Waals surface area contributed by atoms with Gasteiger partial charge in [0.15, 0.2) is 104 Å². The average molecular weight is 1420 g/mol. The predicted molar refractivity (Wildman–Crippen MR) is 399 cm³/mol. The van der Waals surface area contributed by atoms with Crippen LogP contribution in [0.1, 0.15) is 23.3 Å². The van der Waals surface area contributed by atoms with Gasteiger partial charge in [-0.05, 0) is 163 Å². The van der Waals surface area contributed by atoms with Gasteiger partial charge in [-0.3, -0.25) is 9.59 Å². The van der Waals surface area contributed by atoms with E-state index in [2.05, 4.69) is 10.6 Å². The lowest BCUT2D eigenvalue weighted by molar-refractivity contribution is -0.126. The van der Waals surface area contributed by atoms with Crippen molar-refractivity contribution in [3.05, 3.63) is 169 Å². The Morgan fingerprint density at radius 3 is 0.510 bits per heavy atom. The van der Waals surface area contributed by atoms with Crippen molar-refractivity contribution in [3.8, 4) is 170 Å². The van der Waals surface area contributed by atoms with Crippen molar-refractivity contribution >= 4 is 23.2 Å². The maximum atomic E-state index is 14.8. The first-order valence-electron chi connectivity index (χ1n) is 32.5. The van der Waals surface area contributed by atoms with E-state index in [1.165, 1.54) is 56.9 Å². The van der Waals surface area contributed by atoms with Crippen LogP contribution >= 0.6 is 0 Å². The van der Waals surface area contributed by atoms with E-state index in [0.717, 1.165) is 0 Å². The molecule has 0 radical (unpaired) electrons. The van der Waals surface area contributed by atoms with Crippen LogP contribution in [0.2, 0.25) is 0 Å². The highest BCUT2D eigenvalue weighted by Gasteiger charge is 2.32. The molecule has 22 heteroatoms. The van der Waals surface area contributed by atoms with Gasteiger partial charge in [-0.1, -0.05) is 60.7 Å². The fourth-order valence-electron chi connectivity index (χ4n) is 12.8. The number of carbonyl (C=O) groups is 2. The van der Waals surface area contributed by atoms with E-state index >= 15 is 0 Å². The number of methoxy groups -OCH3 is 18. The van der Waals surface area contributed by atoms with Crippen molar-refractivity contribution in [1.82, 2.24) is 0 Å². The van der Waals surface area contributed by atoms with Crippen LogP contribution in [0.25, 0.3) is 77.9 Å². The summed E-state index contributed by atoms with van der Waals surface area (Å²) in [5.74, 6) is 4.53. The van der Waals surface area contributed by atoms with Gasteiger partial charge in [0, 0.05) is 37.5 Å². The van der Waals surface area contributed by atoms with Gasteiger partial charge >= 0.3 is 0 Å². The van der Waals surface area contributed by atoms with Crippen LogP contribution in [0.4, 0.5) is 11.4 Å². The quantitative estimate of drug-likeness (QED) is 0.0412. The number of rotatable bonds is 31. The highest BCUT2D eigenvalue weighted by molar-refractivity contribution is 6.08. The Labute approximate surface area is 604 Å². The third-order valence-corrected chi connectivity index (χ3v) is 17.9. The van der Waals surface area contributed by atoms with Gasteiger partial charge in [0.05, 0.1) is 125 Å². The summed E-state index contributed by atoms with van der Waals surface area (Å²) in [7, 11) is 27.6. The highest BCUT2D eigenvalue weighted by atomic mass is 16.5. The minimum atomic E-state index is -1.03. The smallest absolute Gasteiger partial charge is 0.258 e. The van der Waals surface area contributed by atoms with Crippen molar-refractivity contribution in [1.29, 1.82) is 0 Å². The Hall–Kier alpha value is -12.1. The average Bonchev–Trinajstić information content (AvgIpc) is 0.740. The molecule has 0 heterocycles. The van der Waals surface area contributed by atoms with Gasteiger partial charge in [-0.2, -0.15) is 0 Å². The van der Waals surface area contributed by atoms with Crippen molar-refractivity contribution in [2.24, 2.45) is 0 Å². The second-order valence-electron chi connectivity index (χ2n) is 23.1. The summed E-state index contributed by atoms with van der Waals surface area (Å²) in [6, 6.07) is 47.5.